The van der Waals surface area contributed by atoms with Gasteiger partial charge in [0.2, 0.25) is 0 Å². The first kappa shape index (κ1) is 14.1. The van der Waals surface area contributed by atoms with Crippen LogP contribution in [0.5, 0.6) is 0 Å². The van der Waals surface area contributed by atoms with Crippen LogP contribution in [0.4, 0.5) is 11.5 Å². The van der Waals surface area contributed by atoms with Gasteiger partial charge in [-0.15, -0.1) is 0 Å². The Bertz CT molecular complexity index is 526. The summed E-state index contributed by atoms with van der Waals surface area (Å²) in [5, 5.41) is 0. The molecule has 0 atom stereocenters. The van der Waals surface area contributed by atoms with Gasteiger partial charge in [0, 0.05) is 22.9 Å². The minimum Gasteiger partial charge on any atom is -0.326 e. The monoisotopic (exact) mass is 318 g/mol. The lowest BCUT2D eigenvalue weighted by Gasteiger charge is -2.24. The van der Waals surface area contributed by atoms with Gasteiger partial charge in [-0.1, -0.05) is 31.5 Å². The van der Waals surface area contributed by atoms with E-state index in [4.69, 9.17) is 0 Å². The molecule has 0 bridgehead atoms. The molecule has 19 heavy (non-hydrogen) atoms. The van der Waals surface area contributed by atoms with Crippen LogP contribution >= 0.6 is 15.9 Å². The Labute approximate surface area is 123 Å². The number of unbranched alkanes of at least 4 members (excludes halogenated alkanes) is 1. The van der Waals surface area contributed by atoms with Crippen LogP contribution in [0.25, 0.3) is 0 Å². The molecule has 0 aliphatic rings. The predicted octanol–water partition coefficient (Wildman–Crippen LogP) is 5.09. The molecule has 0 aliphatic heterocycles. The summed E-state index contributed by atoms with van der Waals surface area (Å²) in [7, 11) is 0. The number of rotatable bonds is 5. The third-order valence-corrected chi connectivity index (χ3v) is 3.94. The highest BCUT2D eigenvalue weighted by atomic mass is 79.9. The molecule has 1 aromatic heterocycles. The number of anilines is 2. The first-order valence-electron chi connectivity index (χ1n) is 6.67. The molecule has 2 aromatic rings. The fraction of sp³-hybridized carbons (Fsp3) is 0.312. The Morgan fingerprint density at radius 3 is 2.58 bits per heavy atom. The first-order valence-corrected chi connectivity index (χ1v) is 7.46. The lowest BCUT2D eigenvalue weighted by atomic mass is 10.2. The number of halogens is 1. The predicted molar refractivity (Wildman–Crippen MR) is 85.0 cm³/mol. The maximum Gasteiger partial charge on any atom is 0.133 e. The van der Waals surface area contributed by atoms with Crippen LogP contribution in [-0.4, -0.2) is 11.5 Å². The molecule has 1 aromatic carbocycles. The summed E-state index contributed by atoms with van der Waals surface area (Å²) in [6.45, 7) is 5.30. The van der Waals surface area contributed by atoms with E-state index >= 15 is 0 Å². The molecule has 3 heteroatoms. The molecule has 0 aliphatic carbocycles. The third kappa shape index (κ3) is 3.57. The number of aryl methyl sites for hydroxylation is 1. The second kappa shape index (κ2) is 6.71. The van der Waals surface area contributed by atoms with Crippen molar-refractivity contribution in [2.45, 2.75) is 26.7 Å². The van der Waals surface area contributed by atoms with Crippen LogP contribution in [0.3, 0.4) is 0 Å². The van der Waals surface area contributed by atoms with Crippen molar-refractivity contribution in [3.8, 4) is 0 Å². The number of aromatic nitrogens is 1. The lowest BCUT2D eigenvalue weighted by Crippen LogP contribution is -2.19. The van der Waals surface area contributed by atoms with Crippen molar-refractivity contribution >= 4 is 27.4 Å². The number of nitrogens with zero attached hydrogens (tertiary/aromatic N) is 2. The second-order valence-electron chi connectivity index (χ2n) is 4.63. The Morgan fingerprint density at radius 1 is 1.21 bits per heavy atom. The van der Waals surface area contributed by atoms with Gasteiger partial charge in [-0.3, -0.25) is 0 Å². The summed E-state index contributed by atoms with van der Waals surface area (Å²) in [5.41, 5.74) is 2.41. The zero-order valence-corrected chi connectivity index (χ0v) is 13.0. The number of hydrogen-bond donors (Lipinski definition) is 0. The van der Waals surface area contributed by atoms with Gasteiger partial charge in [0.1, 0.15) is 5.82 Å². The van der Waals surface area contributed by atoms with E-state index in [1.807, 2.05) is 12.3 Å². The normalized spacial score (nSPS) is 10.5. The zero-order chi connectivity index (χ0) is 13.7. The van der Waals surface area contributed by atoms with E-state index in [0.717, 1.165) is 23.3 Å². The van der Waals surface area contributed by atoms with Gasteiger partial charge in [0.15, 0.2) is 0 Å². The summed E-state index contributed by atoms with van der Waals surface area (Å²) >= 11 is 3.51. The highest BCUT2D eigenvalue weighted by Crippen LogP contribution is 2.26. The van der Waals surface area contributed by atoms with Gasteiger partial charge in [0.05, 0.1) is 0 Å². The maximum absolute atomic E-state index is 4.55. The largest absolute Gasteiger partial charge is 0.326 e. The second-order valence-corrected chi connectivity index (χ2v) is 5.49. The van der Waals surface area contributed by atoms with Crippen LogP contribution in [-0.2, 0) is 0 Å². The van der Waals surface area contributed by atoms with Crippen molar-refractivity contribution in [2.75, 3.05) is 11.4 Å². The van der Waals surface area contributed by atoms with E-state index in [1.165, 1.54) is 17.7 Å². The minimum atomic E-state index is 0.995. The Balaban J connectivity index is 2.34. The summed E-state index contributed by atoms with van der Waals surface area (Å²) < 4.78 is 1.06. The van der Waals surface area contributed by atoms with Crippen molar-refractivity contribution in [1.82, 2.24) is 4.98 Å². The molecule has 0 unspecified atom stereocenters. The maximum atomic E-state index is 4.55. The van der Waals surface area contributed by atoms with Gasteiger partial charge in [-0.25, -0.2) is 4.98 Å². The molecule has 100 valence electrons. The van der Waals surface area contributed by atoms with Crippen LogP contribution in [0.15, 0.2) is 47.1 Å². The Hall–Kier alpha value is -1.35. The molecule has 0 amide bonds. The molecule has 0 radical (unpaired) electrons. The topological polar surface area (TPSA) is 16.1 Å². The van der Waals surface area contributed by atoms with Gasteiger partial charge in [-0.2, -0.15) is 0 Å². The fourth-order valence-corrected chi connectivity index (χ4v) is 2.19. The number of benzene rings is 1. The number of hydrogen-bond acceptors (Lipinski definition) is 2. The van der Waals surface area contributed by atoms with E-state index in [1.54, 1.807) is 0 Å². The van der Waals surface area contributed by atoms with Gasteiger partial charge in [-0.05, 0) is 53.0 Å². The number of para-hydroxylation sites is 1. The van der Waals surface area contributed by atoms with E-state index in [0.29, 0.717) is 0 Å². The van der Waals surface area contributed by atoms with Gasteiger partial charge >= 0.3 is 0 Å². The van der Waals surface area contributed by atoms with Crippen LogP contribution in [0.1, 0.15) is 25.3 Å². The molecule has 0 N–H and O–H groups in total. The fourth-order valence-electron chi connectivity index (χ4n) is 1.97. The molecule has 1 heterocycles. The molecule has 2 nitrogen and oxygen atoms in total. The molecule has 0 saturated heterocycles. The summed E-state index contributed by atoms with van der Waals surface area (Å²) in [6, 6.07) is 12.6. The molecular weight excluding hydrogens is 300 g/mol. The van der Waals surface area contributed by atoms with E-state index in [9.17, 15) is 0 Å². The SMILES string of the molecule is CCCCN(c1ccccc1)c1cc(C)c(Br)cn1. The van der Waals surface area contributed by atoms with Crippen molar-refractivity contribution < 1.29 is 0 Å². The van der Waals surface area contributed by atoms with Crippen LogP contribution in [0, 0.1) is 6.92 Å². The molecule has 0 spiro atoms. The van der Waals surface area contributed by atoms with E-state index < -0.39 is 0 Å². The van der Waals surface area contributed by atoms with E-state index in [-0.39, 0.29) is 0 Å². The van der Waals surface area contributed by atoms with Crippen molar-refractivity contribution in [3.05, 3.63) is 52.6 Å². The zero-order valence-electron chi connectivity index (χ0n) is 11.4. The number of pyridine rings is 1. The highest BCUT2D eigenvalue weighted by molar-refractivity contribution is 9.10. The van der Waals surface area contributed by atoms with E-state index in [2.05, 4.69) is 70.0 Å². The molecule has 0 saturated carbocycles. The molecular formula is C16H19BrN2. The van der Waals surface area contributed by atoms with Crippen molar-refractivity contribution in [1.29, 1.82) is 0 Å². The molecule has 0 fully saturated rings. The summed E-state index contributed by atoms with van der Waals surface area (Å²) in [6.07, 6.45) is 4.22. The Kier molecular flexibility index (Phi) is 4.97. The first-order chi connectivity index (χ1) is 9.22. The smallest absolute Gasteiger partial charge is 0.133 e. The van der Waals surface area contributed by atoms with Crippen molar-refractivity contribution in [3.63, 3.8) is 0 Å². The van der Waals surface area contributed by atoms with Crippen LogP contribution in [0.2, 0.25) is 0 Å². The Morgan fingerprint density at radius 2 is 1.95 bits per heavy atom. The summed E-state index contributed by atoms with van der Waals surface area (Å²) in [5.74, 6) is 1.01. The average Bonchev–Trinajstić information content (AvgIpc) is 2.44. The average molecular weight is 319 g/mol. The third-order valence-electron chi connectivity index (χ3n) is 3.11. The summed E-state index contributed by atoms with van der Waals surface area (Å²) in [4.78, 5) is 6.83. The van der Waals surface area contributed by atoms with Gasteiger partial charge < -0.3 is 4.90 Å². The molecule has 2 rings (SSSR count). The lowest BCUT2D eigenvalue weighted by molar-refractivity contribution is 0.779. The van der Waals surface area contributed by atoms with Crippen LogP contribution < -0.4 is 4.90 Å². The standard InChI is InChI=1S/C16H19BrN2/c1-3-4-10-19(14-8-6-5-7-9-14)16-11-13(2)15(17)12-18-16/h5-9,11-12H,3-4,10H2,1-2H3. The van der Waals surface area contributed by atoms with Crippen molar-refractivity contribution in [2.24, 2.45) is 0 Å². The highest BCUT2D eigenvalue weighted by Gasteiger charge is 2.10. The minimum absolute atomic E-state index is 0.995. The van der Waals surface area contributed by atoms with Gasteiger partial charge in [0.25, 0.3) is 0 Å². The quantitative estimate of drug-likeness (QED) is 0.763.